The van der Waals surface area contributed by atoms with Crippen molar-refractivity contribution < 1.29 is 4.74 Å². The fraction of sp³-hybridized carbons (Fsp3) is 0.600. The van der Waals surface area contributed by atoms with Crippen LogP contribution in [0.25, 0.3) is 0 Å². The highest BCUT2D eigenvalue weighted by atomic mass is 16.5. The summed E-state index contributed by atoms with van der Waals surface area (Å²) in [5.74, 6) is 1.67. The molecule has 0 atom stereocenters. The molecule has 18 heavy (non-hydrogen) atoms. The lowest BCUT2D eigenvalue weighted by molar-refractivity contribution is 0.338. The lowest BCUT2D eigenvalue weighted by Gasteiger charge is -2.26. The number of benzene rings is 1. The minimum Gasteiger partial charge on any atom is -0.495 e. The van der Waals surface area contributed by atoms with Gasteiger partial charge in [-0.3, -0.25) is 0 Å². The molecule has 1 aliphatic carbocycles. The summed E-state index contributed by atoms with van der Waals surface area (Å²) in [6, 6.07) is 6.67. The number of aryl methyl sites for hydroxylation is 1. The predicted molar refractivity (Wildman–Crippen MR) is 76.2 cm³/mol. The van der Waals surface area contributed by atoms with Gasteiger partial charge in [0.25, 0.3) is 0 Å². The van der Waals surface area contributed by atoms with Crippen molar-refractivity contribution in [3.8, 4) is 5.75 Å². The van der Waals surface area contributed by atoms with Crippen molar-refractivity contribution in [3.63, 3.8) is 0 Å². The Labute approximate surface area is 110 Å². The summed E-state index contributed by atoms with van der Waals surface area (Å²) in [7, 11) is 1.72. The Hall–Kier alpha value is -1.22. The maximum atomic E-state index is 5.93. The zero-order valence-corrected chi connectivity index (χ0v) is 11.4. The number of hydrogen-bond acceptors (Lipinski definition) is 3. The second kappa shape index (κ2) is 6.10. The molecule has 2 rings (SSSR count). The topological polar surface area (TPSA) is 47.3 Å². The van der Waals surface area contributed by atoms with Crippen LogP contribution < -0.4 is 15.8 Å². The highest BCUT2D eigenvalue weighted by Gasteiger charge is 2.18. The fourth-order valence-corrected chi connectivity index (χ4v) is 2.61. The van der Waals surface area contributed by atoms with Crippen molar-refractivity contribution in [2.75, 3.05) is 19.0 Å². The Morgan fingerprint density at radius 1 is 1.28 bits per heavy atom. The van der Waals surface area contributed by atoms with Gasteiger partial charge in [0, 0.05) is 12.6 Å². The van der Waals surface area contributed by atoms with Gasteiger partial charge in [0.1, 0.15) is 5.75 Å². The average Bonchev–Trinajstić information content (AvgIpc) is 2.38. The Kier molecular flexibility index (Phi) is 4.48. The quantitative estimate of drug-likeness (QED) is 0.861. The Balaban J connectivity index is 1.91. The van der Waals surface area contributed by atoms with Gasteiger partial charge in [-0.1, -0.05) is 6.07 Å². The van der Waals surface area contributed by atoms with Crippen LogP contribution in [0.5, 0.6) is 5.75 Å². The molecule has 0 aromatic heterocycles. The second-order valence-electron chi connectivity index (χ2n) is 5.37. The smallest absolute Gasteiger partial charge is 0.141 e. The van der Waals surface area contributed by atoms with E-state index in [0.29, 0.717) is 6.04 Å². The zero-order chi connectivity index (χ0) is 13.0. The Morgan fingerprint density at radius 2 is 2.00 bits per heavy atom. The van der Waals surface area contributed by atoms with E-state index in [1.807, 2.05) is 6.07 Å². The summed E-state index contributed by atoms with van der Waals surface area (Å²) in [5.41, 5.74) is 8.29. The number of nitrogens with one attached hydrogen (secondary N) is 1. The van der Waals surface area contributed by atoms with Crippen LogP contribution >= 0.6 is 0 Å². The lowest BCUT2D eigenvalue weighted by Crippen LogP contribution is -2.29. The summed E-state index contributed by atoms with van der Waals surface area (Å²) in [4.78, 5) is 0. The summed E-state index contributed by atoms with van der Waals surface area (Å²) >= 11 is 0. The first-order chi connectivity index (χ1) is 8.69. The molecule has 0 heterocycles. The van der Waals surface area contributed by atoms with E-state index in [0.717, 1.165) is 36.7 Å². The van der Waals surface area contributed by atoms with Gasteiger partial charge in [0.2, 0.25) is 0 Å². The van der Waals surface area contributed by atoms with Crippen LogP contribution in [0.4, 0.5) is 5.69 Å². The van der Waals surface area contributed by atoms with Crippen LogP contribution in [0.3, 0.4) is 0 Å². The molecule has 0 saturated heterocycles. The molecule has 3 N–H and O–H groups in total. The van der Waals surface area contributed by atoms with Gasteiger partial charge in [-0.2, -0.15) is 0 Å². The van der Waals surface area contributed by atoms with E-state index >= 15 is 0 Å². The van der Waals surface area contributed by atoms with Crippen LogP contribution in [0.1, 0.15) is 31.2 Å². The van der Waals surface area contributed by atoms with Crippen molar-refractivity contribution in [2.24, 2.45) is 11.7 Å². The third-order valence-electron chi connectivity index (χ3n) is 3.83. The molecular weight excluding hydrogens is 224 g/mol. The number of nitrogens with two attached hydrogens (primary N) is 1. The molecular formula is C15H24N2O. The molecule has 3 nitrogen and oxygen atoms in total. The first-order valence-corrected chi connectivity index (χ1v) is 6.83. The molecule has 0 amide bonds. The van der Waals surface area contributed by atoms with Crippen LogP contribution in [0, 0.1) is 12.8 Å². The minimum absolute atomic E-state index is 0.426. The lowest BCUT2D eigenvalue weighted by atomic mass is 9.86. The predicted octanol–water partition coefficient (Wildman–Crippen LogP) is 2.93. The SMILES string of the molecule is COc1ccc(C)cc1NCC1CCC(N)CC1. The van der Waals surface area contributed by atoms with E-state index in [1.165, 1.54) is 18.4 Å². The van der Waals surface area contributed by atoms with E-state index in [-0.39, 0.29) is 0 Å². The van der Waals surface area contributed by atoms with E-state index in [2.05, 4.69) is 24.4 Å². The molecule has 0 unspecified atom stereocenters. The molecule has 100 valence electrons. The summed E-state index contributed by atoms with van der Waals surface area (Å²) in [6.07, 6.45) is 4.80. The standard InChI is InChI=1S/C15H24N2O/c1-11-3-8-15(18-2)14(9-11)17-10-12-4-6-13(16)7-5-12/h3,8-9,12-13,17H,4-7,10,16H2,1-2H3. The molecule has 0 radical (unpaired) electrons. The highest BCUT2D eigenvalue weighted by molar-refractivity contribution is 5.57. The average molecular weight is 248 g/mol. The number of ether oxygens (including phenoxy) is 1. The van der Waals surface area contributed by atoms with E-state index in [9.17, 15) is 0 Å². The summed E-state index contributed by atoms with van der Waals surface area (Å²) in [6.45, 7) is 3.12. The van der Waals surface area contributed by atoms with Crippen molar-refractivity contribution in [1.29, 1.82) is 0 Å². The number of hydrogen-bond donors (Lipinski definition) is 2. The van der Waals surface area contributed by atoms with Crippen LogP contribution in [-0.4, -0.2) is 19.7 Å². The molecule has 3 heteroatoms. The summed E-state index contributed by atoms with van der Waals surface area (Å²) in [5, 5.41) is 3.52. The van der Waals surface area contributed by atoms with E-state index in [1.54, 1.807) is 7.11 Å². The largest absolute Gasteiger partial charge is 0.495 e. The molecule has 0 spiro atoms. The van der Waals surface area contributed by atoms with Gasteiger partial charge in [-0.25, -0.2) is 0 Å². The van der Waals surface area contributed by atoms with E-state index in [4.69, 9.17) is 10.5 Å². The van der Waals surface area contributed by atoms with Crippen LogP contribution in [0.2, 0.25) is 0 Å². The van der Waals surface area contributed by atoms with Gasteiger partial charge in [0.15, 0.2) is 0 Å². The van der Waals surface area contributed by atoms with Crippen molar-refractivity contribution in [3.05, 3.63) is 23.8 Å². The highest BCUT2D eigenvalue weighted by Crippen LogP contribution is 2.28. The van der Waals surface area contributed by atoms with Gasteiger partial charge >= 0.3 is 0 Å². The maximum absolute atomic E-state index is 5.93. The molecule has 1 aromatic rings. The van der Waals surface area contributed by atoms with Crippen molar-refractivity contribution in [2.45, 2.75) is 38.6 Å². The van der Waals surface area contributed by atoms with Crippen LogP contribution in [0.15, 0.2) is 18.2 Å². The first-order valence-electron chi connectivity index (χ1n) is 6.83. The van der Waals surface area contributed by atoms with E-state index < -0.39 is 0 Å². The zero-order valence-electron chi connectivity index (χ0n) is 11.4. The van der Waals surface area contributed by atoms with Gasteiger partial charge < -0.3 is 15.8 Å². The second-order valence-corrected chi connectivity index (χ2v) is 5.37. The van der Waals surface area contributed by atoms with Crippen molar-refractivity contribution >= 4 is 5.69 Å². The van der Waals surface area contributed by atoms with Gasteiger partial charge in [-0.05, 0) is 56.2 Å². The summed E-state index contributed by atoms with van der Waals surface area (Å²) < 4.78 is 5.37. The van der Waals surface area contributed by atoms with Gasteiger partial charge in [0.05, 0.1) is 12.8 Å². The Bertz CT molecular complexity index is 384. The molecule has 1 aromatic carbocycles. The molecule has 1 fully saturated rings. The van der Waals surface area contributed by atoms with Crippen LogP contribution in [-0.2, 0) is 0 Å². The fourth-order valence-electron chi connectivity index (χ4n) is 2.61. The third kappa shape index (κ3) is 3.39. The maximum Gasteiger partial charge on any atom is 0.141 e. The molecule has 0 bridgehead atoms. The monoisotopic (exact) mass is 248 g/mol. The molecule has 0 aliphatic heterocycles. The normalized spacial score (nSPS) is 23.7. The third-order valence-corrected chi connectivity index (χ3v) is 3.83. The molecule has 1 saturated carbocycles. The van der Waals surface area contributed by atoms with Gasteiger partial charge in [-0.15, -0.1) is 0 Å². The Morgan fingerprint density at radius 3 is 2.67 bits per heavy atom. The number of methoxy groups -OCH3 is 1. The molecule has 1 aliphatic rings. The number of anilines is 1. The minimum atomic E-state index is 0.426. The number of rotatable bonds is 4. The van der Waals surface area contributed by atoms with Crippen molar-refractivity contribution in [1.82, 2.24) is 0 Å². The first kappa shape index (κ1) is 13.2.